The fraction of sp³-hybridized carbons (Fsp3) is 0.0741. The van der Waals surface area contributed by atoms with E-state index in [1.54, 1.807) is 48.5 Å². The van der Waals surface area contributed by atoms with E-state index in [0.717, 1.165) is 10.3 Å². The van der Waals surface area contributed by atoms with Crippen molar-refractivity contribution in [2.24, 2.45) is 0 Å². The van der Waals surface area contributed by atoms with Gasteiger partial charge in [-0.05, 0) is 47.5 Å². The Morgan fingerprint density at radius 2 is 1.91 bits per heavy atom. The summed E-state index contributed by atoms with van der Waals surface area (Å²) in [5, 5.41) is 11.8. The van der Waals surface area contributed by atoms with E-state index in [1.165, 1.54) is 29.4 Å². The molecule has 35 heavy (non-hydrogen) atoms. The molecule has 2 heterocycles. The number of aliphatic hydroxyl groups excluding tert-OH is 1. The third kappa shape index (κ3) is 4.32. The van der Waals surface area contributed by atoms with E-state index in [0.29, 0.717) is 27.0 Å². The number of hydrogen-bond acceptors (Lipinski definition) is 6. The molecule has 1 atom stereocenters. The van der Waals surface area contributed by atoms with Gasteiger partial charge in [-0.2, -0.15) is 0 Å². The molecule has 6 nitrogen and oxygen atoms in total. The van der Waals surface area contributed by atoms with Gasteiger partial charge >= 0.3 is 0 Å². The number of halogens is 1. The number of nitrogens with zero attached hydrogens (tertiary/aromatic N) is 2. The fourth-order valence-electron chi connectivity index (χ4n) is 4.00. The van der Waals surface area contributed by atoms with Gasteiger partial charge in [-0.3, -0.25) is 14.5 Å². The van der Waals surface area contributed by atoms with E-state index in [-0.39, 0.29) is 5.57 Å². The fourth-order valence-corrected chi connectivity index (χ4v) is 5.26. The van der Waals surface area contributed by atoms with Crippen molar-refractivity contribution in [2.45, 2.75) is 6.04 Å². The van der Waals surface area contributed by atoms with Crippen molar-refractivity contribution < 1.29 is 19.4 Å². The van der Waals surface area contributed by atoms with Crippen LogP contribution in [-0.4, -0.2) is 28.9 Å². The van der Waals surface area contributed by atoms with Gasteiger partial charge in [0.05, 0.1) is 28.9 Å². The molecule has 0 bridgehead atoms. The van der Waals surface area contributed by atoms with Crippen molar-refractivity contribution in [2.75, 3.05) is 12.0 Å². The van der Waals surface area contributed by atoms with Crippen molar-refractivity contribution in [3.63, 3.8) is 0 Å². The third-order valence-corrected chi connectivity index (χ3v) is 6.91. The number of amides is 1. The summed E-state index contributed by atoms with van der Waals surface area (Å²) in [5.74, 6) is -1.21. The van der Waals surface area contributed by atoms with Gasteiger partial charge in [0.2, 0.25) is 0 Å². The van der Waals surface area contributed by atoms with E-state index in [4.69, 9.17) is 16.3 Å². The number of rotatable bonds is 6. The maximum Gasteiger partial charge on any atom is 0.296 e. The molecule has 4 aromatic rings. The first kappa shape index (κ1) is 22.8. The highest BCUT2D eigenvalue weighted by molar-refractivity contribution is 7.22. The normalized spacial score (nSPS) is 16.0. The van der Waals surface area contributed by atoms with Gasteiger partial charge in [0.15, 0.2) is 16.7 Å². The molecular weight excluding hydrogens is 484 g/mol. The number of thiazole rings is 1. The first-order valence-electron chi connectivity index (χ1n) is 10.7. The Morgan fingerprint density at radius 3 is 2.69 bits per heavy atom. The Morgan fingerprint density at radius 1 is 1.11 bits per heavy atom. The van der Waals surface area contributed by atoms with Gasteiger partial charge in [-0.25, -0.2) is 4.98 Å². The molecule has 1 amide bonds. The molecule has 0 radical (unpaired) electrons. The molecule has 1 aliphatic heterocycles. The van der Waals surface area contributed by atoms with Gasteiger partial charge in [-0.1, -0.05) is 71.5 Å². The molecule has 8 heteroatoms. The second-order valence-electron chi connectivity index (χ2n) is 7.83. The summed E-state index contributed by atoms with van der Waals surface area (Å²) in [6, 6.07) is 20.7. The lowest BCUT2D eigenvalue weighted by molar-refractivity contribution is -0.117. The van der Waals surface area contributed by atoms with Crippen LogP contribution < -0.4 is 9.64 Å². The molecular formula is C27H19ClN2O4S. The molecule has 1 aliphatic rings. The predicted octanol–water partition coefficient (Wildman–Crippen LogP) is 6.14. The Hall–Kier alpha value is -3.94. The standard InChI is InChI=1S/C27H19ClN2O4S/c1-34-19-9-5-8-17(14-19)24-23(21(31)13-10-16-6-3-2-4-7-16)25(32)26(33)30(24)27-29-20-12-11-18(28)15-22(20)35-27/h2-15,24,32H,1H3/b13-10+. The molecule has 0 saturated heterocycles. The highest BCUT2D eigenvalue weighted by atomic mass is 35.5. The first-order valence-corrected chi connectivity index (χ1v) is 11.9. The van der Waals surface area contributed by atoms with Crippen molar-refractivity contribution in [1.29, 1.82) is 0 Å². The molecule has 1 unspecified atom stereocenters. The predicted molar refractivity (Wildman–Crippen MR) is 138 cm³/mol. The Balaban J connectivity index is 1.62. The zero-order valence-corrected chi connectivity index (χ0v) is 20.1. The molecule has 174 valence electrons. The van der Waals surface area contributed by atoms with Gasteiger partial charge < -0.3 is 9.84 Å². The maximum atomic E-state index is 13.4. The van der Waals surface area contributed by atoms with Crippen LogP contribution in [0.2, 0.25) is 5.02 Å². The molecule has 0 fully saturated rings. The number of ether oxygens (including phenoxy) is 1. The molecule has 0 spiro atoms. The summed E-state index contributed by atoms with van der Waals surface area (Å²) in [5.41, 5.74) is 2.07. The number of aliphatic hydroxyl groups is 1. The van der Waals surface area contributed by atoms with Crippen molar-refractivity contribution in [3.8, 4) is 5.75 Å². The summed E-state index contributed by atoms with van der Waals surface area (Å²) in [4.78, 5) is 32.6. The van der Waals surface area contributed by atoms with E-state index in [9.17, 15) is 14.7 Å². The molecule has 1 N–H and O–H groups in total. The van der Waals surface area contributed by atoms with Crippen LogP contribution in [0.15, 0.2) is 90.2 Å². The van der Waals surface area contributed by atoms with Crippen LogP contribution in [0.4, 0.5) is 5.13 Å². The largest absolute Gasteiger partial charge is 0.503 e. The van der Waals surface area contributed by atoms with Crippen LogP contribution in [0.5, 0.6) is 5.75 Å². The summed E-state index contributed by atoms with van der Waals surface area (Å²) >= 11 is 7.39. The number of carbonyl (C=O) groups excluding carboxylic acids is 2. The van der Waals surface area contributed by atoms with Gasteiger partial charge in [0, 0.05) is 5.02 Å². The molecule has 0 aliphatic carbocycles. The van der Waals surface area contributed by atoms with Crippen molar-refractivity contribution in [1.82, 2.24) is 4.98 Å². The quantitative estimate of drug-likeness (QED) is 0.320. The zero-order valence-electron chi connectivity index (χ0n) is 18.5. The minimum Gasteiger partial charge on any atom is -0.503 e. The van der Waals surface area contributed by atoms with Crippen LogP contribution in [-0.2, 0) is 9.59 Å². The Labute approximate surface area is 210 Å². The Bertz CT molecular complexity index is 1510. The highest BCUT2D eigenvalue weighted by Crippen LogP contribution is 2.44. The monoisotopic (exact) mass is 502 g/mol. The van der Waals surface area contributed by atoms with Crippen molar-refractivity contribution >= 4 is 56.1 Å². The first-order chi connectivity index (χ1) is 17.0. The number of fused-ring (bicyclic) bond motifs is 1. The minimum atomic E-state index is -0.887. The molecule has 3 aromatic carbocycles. The lowest BCUT2D eigenvalue weighted by Gasteiger charge is -2.24. The average molecular weight is 503 g/mol. The van der Waals surface area contributed by atoms with Crippen LogP contribution in [0, 0.1) is 0 Å². The second-order valence-corrected chi connectivity index (χ2v) is 9.28. The van der Waals surface area contributed by atoms with E-state index < -0.39 is 23.5 Å². The number of methoxy groups -OCH3 is 1. The lowest BCUT2D eigenvalue weighted by Crippen LogP contribution is -2.30. The van der Waals surface area contributed by atoms with Crippen LogP contribution >= 0.6 is 22.9 Å². The topological polar surface area (TPSA) is 79.7 Å². The summed E-state index contributed by atoms with van der Waals surface area (Å²) in [6.45, 7) is 0. The summed E-state index contributed by atoms with van der Waals surface area (Å²) in [6.07, 6.45) is 3.01. The molecule has 5 rings (SSSR count). The number of benzene rings is 3. The van der Waals surface area contributed by atoms with Crippen molar-refractivity contribution in [3.05, 3.63) is 106 Å². The summed E-state index contributed by atoms with van der Waals surface area (Å²) < 4.78 is 6.15. The molecule has 1 aromatic heterocycles. The van der Waals surface area contributed by atoms with Crippen LogP contribution in [0.25, 0.3) is 16.3 Å². The number of allylic oxidation sites excluding steroid dienone is 1. The van der Waals surface area contributed by atoms with Gasteiger partial charge in [0.25, 0.3) is 5.91 Å². The van der Waals surface area contributed by atoms with E-state index in [2.05, 4.69) is 4.98 Å². The number of ketones is 1. The number of hydrogen-bond donors (Lipinski definition) is 1. The number of carbonyl (C=O) groups is 2. The number of anilines is 1. The summed E-state index contributed by atoms with van der Waals surface area (Å²) in [7, 11) is 1.54. The second kappa shape index (κ2) is 9.37. The molecule has 0 saturated carbocycles. The average Bonchev–Trinajstić information content (AvgIpc) is 3.41. The van der Waals surface area contributed by atoms with Crippen LogP contribution in [0.3, 0.4) is 0 Å². The lowest BCUT2D eigenvalue weighted by atomic mass is 9.95. The highest BCUT2D eigenvalue weighted by Gasteiger charge is 2.45. The third-order valence-electron chi connectivity index (χ3n) is 5.66. The zero-order chi connectivity index (χ0) is 24.5. The smallest absolute Gasteiger partial charge is 0.296 e. The SMILES string of the molecule is COc1cccc(C2C(C(=O)/C=C/c3ccccc3)=C(O)C(=O)N2c2nc3ccc(Cl)cc3s2)c1. The van der Waals surface area contributed by atoms with E-state index >= 15 is 0 Å². The minimum absolute atomic E-state index is 0.0206. The Kier molecular flexibility index (Phi) is 6.11. The van der Waals surface area contributed by atoms with Crippen LogP contribution in [0.1, 0.15) is 17.2 Å². The van der Waals surface area contributed by atoms with Gasteiger partial charge in [0.1, 0.15) is 5.75 Å². The maximum absolute atomic E-state index is 13.4. The van der Waals surface area contributed by atoms with Gasteiger partial charge in [-0.15, -0.1) is 0 Å². The van der Waals surface area contributed by atoms with E-state index in [1.807, 2.05) is 30.3 Å². The number of aromatic nitrogens is 1.